The van der Waals surface area contributed by atoms with Crippen LogP contribution in [0, 0.1) is 0 Å². The van der Waals surface area contributed by atoms with E-state index in [1.807, 2.05) is 0 Å². The molecule has 48 valence electrons. The van der Waals surface area contributed by atoms with Gasteiger partial charge in [0, 0.05) is 0 Å². The molecule has 0 aromatic carbocycles. The van der Waals surface area contributed by atoms with Crippen molar-refractivity contribution in [3.63, 3.8) is 0 Å². The molecule has 6 N–H and O–H groups in total. The van der Waals surface area contributed by atoms with Crippen LogP contribution in [0.15, 0.2) is 0 Å². The van der Waals surface area contributed by atoms with Gasteiger partial charge in [0.25, 0.3) is 0 Å². The molecule has 0 aliphatic heterocycles. The van der Waals surface area contributed by atoms with Gasteiger partial charge in [-0.1, -0.05) is 0 Å². The fourth-order valence-corrected chi connectivity index (χ4v) is 0. The molecule has 0 aromatic heterocycles. The second-order valence-corrected chi connectivity index (χ2v) is 0.186. The summed E-state index contributed by atoms with van der Waals surface area (Å²) in [6.45, 7) is 0. The van der Waals surface area contributed by atoms with E-state index in [1.54, 1.807) is 0 Å². The fraction of sp³-hybridized carbons (Fsp3) is 0. The molecule has 0 radical (unpaired) electrons. The van der Waals surface area contributed by atoms with E-state index >= 15 is 0 Å². The molecule has 0 atom stereocenters. The number of halogens is 2. The summed E-state index contributed by atoms with van der Waals surface area (Å²) in [6, 6.07) is 0. The molecule has 0 bridgehead atoms. The second-order valence-electron chi connectivity index (χ2n) is 0.0452. The molecule has 0 amide bonds. The van der Waals surface area contributed by atoms with Gasteiger partial charge in [-0.3, -0.25) is 0 Å². The van der Waals surface area contributed by atoms with E-state index in [9.17, 15) is 7.21 Å². The van der Waals surface area contributed by atoms with Gasteiger partial charge < -0.3 is 16.4 Å². The monoisotopic (exact) mass is 150 g/mol. The quantitative estimate of drug-likeness (QED) is 0.371. The van der Waals surface area contributed by atoms with Gasteiger partial charge >= 0.3 is 22.5 Å². The molecule has 0 rings (SSSR count). The summed E-state index contributed by atoms with van der Waals surface area (Å²) < 4.78 is 19.1. The van der Waals surface area contributed by atoms with Crippen LogP contribution in [0.5, 0.6) is 0 Å². The van der Waals surface area contributed by atoms with Crippen LogP contribution in [0.25, 0.3) is 0 Å². The van der Waals surface area contributed by atoms with Crippen LogP contribution >= 0.6 is 0 Å². The summed E-state index contributed by atoms with van der Waals surface area (Å²) in [5.74, 6) is 0. The Kier molecular flexibility index (Phi) is 352. The van der Waals surface area contributed by atoms with E-state index < -0.39 is 15.3 Å². The predicted molar refractivity (Wildman–Crippen MR) is 13.1 cm³/mol. The Morgan fingerprint density at radius 2 is 0.833 bits per heavy atom. The van der Waals surface area contributed by atoms with Crippen molar-refractivity contribution in [2.45, 2.75) is 0 Å². The molecule has 0 saturated heterocycles. The molecule has 0 unspecified atom stereocenters. The summed E-state index contributed by atoms with van der Waals surface area (Å²) in [5, 5.41) is 0. The molecule has 3 nitrogen and oxygen atoms in total. The normalized spacial score (nSPS) is 3.67. The van der Waals surface area contributed by atoms with Crippen molar-refractivity contribution in [3.8, 4) is 0 Å². The van der Waals surface area contributed by atoms with Crippen LogP contribution in [-0.2, 0) is 15.3 Å². The maximum atomic E-state index is 9.56. The maximum absolute atomic E-state index is 9.56. The van der Waals surface area contributed by atoms with Crippen LogP contribution < -0.4 is 0 Å². The first kappa shape index (κ1) is 34.2. The Balaban J connectivity index is -0.00000000667. The van der Waals surface area contributed by atoms with Crippen molar-refractivity contribution in [2.75, 3.05) is 0 Å². The van der Waals surface area contributed by atoms with Gasteiger partial charge in [0.1, 0.15) is 0 Å². The molecular weight excluding hydrogens is 145 g/mol. The Bertz CT molecular complexity index is 8.75. The van der Waals surface area contributed by atoms with Crippen LogP contribution in [0.4, 0.5) is 7.21 Å². The van der Waals surface area contributed by atoms with Crippen molar-refractivity contribution in [1.29, 1.82) is 0 Å². The Morgan fingerprint density at radius 1 is 0.833 bits per heavy atom. The third-order valence-corrected chi connectivity index (χ3v) is 0. The van der Waals surface area contributed by atoms with Gasteiger partial charge in [0.2, 0.25) is 0 Å². The van der Waals surface area contributed by atoms with Crippen LogP contribution in [-0.4, -0.2) is 16.4 Å². The van der Waals surface area contributed by atoms with E-state index in [2.05, 4.69) is 0 Å². The van der Waals surface area contributed by atoms with Gasteiger partial charge in [-0.2, -0.15) is 0 Å². The Morgan fingerprint density at radius 3 is 0.833 bits per heavy atom. The third kappa shape index (κ3) is 812. The molecule has 0 aliphatic carbocycles. The molecule has 6 heavy (non-hydrogen) atoms. The standard InChI is InChI=1S/2FH.Ni.3H2O/h2*1H;;3*1H2/q;;+2;;;/p-2. The van der Waals surface area contributed by atoms with Crippen LogP contribution in [0.1, 0.15) is 0 Å². The molecule has 0 aliphatic rings. The van der Waals surface area contributed by atoms with E-state index in [-0.39, 0.29) is 16.4 Å². The molecule has 0 spiro atoms. The number of hydrogen-bond donors (Lipinski definition) is 0. The van der Waals surface area contributed by atoms with Gasteiger partial charge in [-0.25, -0.2) is 0 Å². The van der Waals surface area contributed by atoms with Crippen LogP contribution in [0.2, 0.25) is 0 Å². The molecule has 0 saturated carbocycles. The predicted octanol–water partition coefficient (Wildman–Crippen LogP) is -1.64. The molecular formula is H6F2NiO3. The first-order chi connectivity index (χ1) is 1.41. The summed E-state index contributed by atoms with van der Waals surface area (Å²) >= 11 is -1.38. The average Bonchev–Trinajstić information content (AvgIpc) is 0.918. The van der Waals surface area contributed by atoms with E-state index in [1.165, 1.54) is 0 Å². The van der Waals surface area contributed by atoms with Crippen molar-refractivity contribution in [2.24, 2.45) is 0 Å². The zero-order chi connectivity index (χ0) is 2.71. The minimum absolute atomic E-state index is 0. The second kappa shape index (κ2) is 61.6. The molecule has 6 heteroatoms. The molecule has 0 fully saturated rings. The van der Waals surface area contributed by atoms with Gasteiger partial charge in [-0.05, 0) is 0 Å². The van der Waals surface area contributed by atoms with Crippen molar-refractivity contribution >= 4 is 0 Å². The van der Waals surface area contributed by atoms with Gasteiger partial charge in [0.05, 0.1) is 0 Å². The van der Waals surface area contributed by atoms with Crippen LogP contribution in [0.3, 0.4) is 0 Å². The van der Waals surface area contributed by atoms with Crippen molar-refractivity contribution in [1.82, 2.24) is 0 Å². The number of hydrogen-bond acceptors (Lipinski definition) is 0. The summed E-state index contributed by atoms with van der Waals surface area (Å²) in [6.07, 6.45) is 0. The molecule has 0 heterocycles. The van der Waals surface area contributed by atoms with E-state index in [4.69, 9.17) is 0 Å². The van der Waals surface area contributed by atoms with Crippen molar-refractivity contribution < 1.29 is 39.0 Å². The SMILES string of the molecule is O.O.O.[F][Ni][F]. The van der Waals surface area contributed by atoms with Gasteiger partial charge in [0.15, 0.2) is 0 Å². The first-order valence-corrected chi connectivity index (χ1v) is 0.986. The molecule has 0 aromatic rings. The van der Waals surface area contributed by atoms with E-state index in [0.717, 1.165) is 0 Å². The Hall–Kier alpha value is 0.234. The summed E-state index contributed by atoms with van der Waals surface area (Å²) in [7, 11) is 0. The topological polar surface area (TPSA) is 94.5 Å². The van der Waals surface area contributed by atoms with E-state index in [0.29, 0.717) is 0 Å². The first-order valence-electron chi connectivity index (χ1n) is 0.239. The van der Waals surface area contributed by atoms with Crippen molar-refractivity contribution in [3.05, 3.63) is 0 Å². The summed E-state index contributed by atoms with van der Waals surface area (Å²) in [5.41, 5.74) is 0. The fourth-order valence-electron chi connectivity index (χ4n) is 0. The van der Waals surface area contributed by atoms with Gasteiger partial charge in [-0.15, -0.1) is 0 Å². The number of rotatable bonds is 0. The zero-order valence-electron chi connectivity index (χ0n) is 2.57. The zero-order valence-corrected chi connectivity index (χ0v) is 3.56. The Labute approximate surface area is 40.0 Å². The summed E-state index contributed by atoms with van der Waals surface area (Å²) in [4.78, 5) is 0. The average molecular weight is 151 g/mol. The third-order valence-electron chi connectivity index (χ3n) is 0. The minimum atomic E-state index is -1.38.